The zero-order valence-corrected chi connectivity index (χ0v) is 7.45. The minimum Gasteiger partial charge on any atom is -1.00 e. The maximum Gasteiger partial charge on any atom is 0 e. The van der Waals surface area contributed by atoms with E-state index in [9.17, 15) is 0 Å². The van der Waals surface area contributed by atoms with Gasteiger partial charge in [0.15, 0.2) is 0 Å². The van der Waals surface area contributed by atoms with Crippen molar-refractivity contribution in [2.24, 2.45) is 0 Å². The van der Waals surface area contributed by atoms with E-state index < -0.39 is 9.05 Å². The molecule has 1 radical (unpaired) electrons. The first-order chi connectivity index (χ1) is 2.00. The molecule has 51 valence electrons. The fourth-order valence-corrected chi connectivity index (χ4v) is 0. The fraction of sp³-hybridized carbons (Fsp3) is 0. The summed E-state index contributed by atoms with van der Waals surface area (Å²) in [4.78, 5) is 0. The molecule has 0 aliphatic rings. The average Bonchev–Trinajstić information content (AvgIpc) is 0.722. The van der Waals surface area contributed by atoms with Gasteiger partial charge in [-0.3, -0.25) is 4.21 Å². The van der Waals surface area contributed by atoms with Crippen LogP contribution in [-0.4, -0.2) is 13.3 Å². The molecule has 0 aromatic heterocycles. The van der Waals surface area contributed by atoms with Crippen LogP contribution in [0.15, 0.2) is 0 Å². The Labute approximate surface area is 74.1 Å². The SMILES string of the molecule is O=S([O-])([O-])=S.[Cu].[I-]. The van der Waals surface area contributed by atoms with Gasteiger partial charge in [0.2, 0.25) is 0 Å². The van der Waals surface area contributed by atoms with Gasteiger partial charge in [0.1, 0.15) is 0 Å². The second kappa shape index (κ2) is 5.67. The molecule has 0 rings (SSSR count). The van der Waals surface area contributed by atoms with E-state index in [1.165, 1.54) is 0 Å². The summed E-state index contributed by atoms with van der Waals surface area (Å²) in [6.45, 7) is 0. The molecule has 7 heavy (non-hydrogen) atoms. The molecule has 0 unspecified atom stereocenters. The van der Waals surface area contributed by atoms with E-state index in [1.807, 2.05) is 0 Å². The zero-order chi connectivity index (χ0) is 4.50. The van der Waals surface area contributed by atoms with Gasteiger partial charge in [-0.15, -0.1) is 9.05 Å². The fourth-order valence-electron chi connectivity index (χ4n) is 0. The summed E-state index contributed by atoms with van der Waals surface area (Å²) in [6.07, 6.45) is 0. The van der Waals surface area contributed by atoms with E-state index in [2.05, 4.69) is 11.2 Å². The van der Waals surface area contributed by atoms with E-state index in [1.54, 1.807) is 0 Å². The third-order valence-electron chi connectivity index (χ3n) is 0. The van der Waals surface area contributed by atoms with E-state index in [0.29, 0.717) is 0 Å². The van der Waals surface area contributed by atoms with Gasteiger partial charge in [-0.25, -0.2) is 0 Å². The molecule has 7 heteroatoms. The summed E-state index contributed by atoms with van der Waals surface area (Å²) in [5.74, 6) is 0. The molecule has 0 amide bonds. The van der Waals surface area contributed by atoms with Crippen molar-refractivity contribution in [2.45, 2.75) is 0 Å². The first-order valence-corrected chi connectivity index (χ1v) is 3.00. The number of rotatable bonds is 0. The molecule has 3 nitrogen and oxygen atoms in total. The van der Waals surface area contributed by atoms with Crippen molar-refractivity contribution in [3.8, 4) is 0 Å². The minimum absolute atomic E-state index is 0. The Bertz CT molecular complexity index is 96.1. The van der Waals surface area contributed by atoms with Crippen LogP contribution in [0.2, 0.25) is 0 Å². The van der Waals surface area contributed by atoms with Crippen LogP contribution in [0.4, 0.5) is 0 Å². The first kappa shape index (κ1) is 15.8. The van der Waals surface area contributed by atoms with Gasteiger partial charge in [0.25, 0.3) is 0 Å². The van der Waals surface area contributed by atoms with Crippen LogP contribution >= 0.6 is 0 Å². The quantitative estimate of drug-likeness (QED) is 0.338. The minimum atomic E-state index is -4.33. The molecule has 0 bridgehead atoms. The van der Waals surface area contributed by atoms with Gasteiger partial charge in [0.05, 0.1) is 0 Å². The van der Waals surface area contributed by atoms with Crippen LogP contribution in [0.25, 0.3) is 0 Å². The maximum absolute atomic E-state index is 8.89. The van der Waals surface area contributed by atoms with Gasteiger partial charge >= 0.3 is 0 Å². The first-order valence-electron chi connectivity index (χ1n) is 0.667. The molecule has 0 atom stereocenters. The Balaban J connectivity index is -0.0000000800. The van der Waals surface area contributed by atoms with Gasteiger partial charge in [-0.05, 0) is 11.2 Å². The number of hydrogen-bond acceptors (Lipinski definition) is 4. The Morgan fingerprint density at radius 3 is 1.43 bits per heavy atom. The van der Waals surface area contributed by atoms with Crippen LogP contribution in [0, 0.1) is 0 Å². The maximum atomic E-state index is 8.89. The summed E-state index contributed by atoms with van der Waals surface area (Å²) in [5.41, 5.74) is 0. The third kappa shape index (κ3) is 97.6. The van der Waals surface area contributed by atoms with Crippen molar-refractivity contribution in [3.63, 3.8) is 0 Å². The van der Waals surface area contributed by atoms with Crippen molar-refractivity contribution in [1.29, 1.82) is 0 Å². The van der Waals surface area contributed by atoms with Crippen LogP contribution < -0.4 is 24.0 Å². The molecule has 0 aliphatic carbocycles. The molecule has 0 aromatic rings. The monoisotopic (exact) mass is 302 g/mol. The van der Waals surface area contributed by atoms with Gasteiger partial charge in [-0.1, -0.05) is 0 Å². The normalized spacial score (nSPS) is 8.29. The second-order valence-electron chi connectivity index (χ2n) is 0.408. The summed E-state index contributed by atoms with van der Waals surface area (Å²) in [7, 11) is -4.33. The van der Waals surface area contributed by atoms with E-state index >= 15 is 0 Å². The van der Waals surface area contributed by atoms with Crippen molar-refractivity contribution in [3.05, 3.63) is 0 Å². The third-order valence-corrected chi connectivity index (χ3v) is 0. The van der Waals surface area contributed by atoms with Gasteiger partial charge in [0, 0.05) is 17.1 Å². The molecular weight excluding hydrogens is 303 g/mol. The zero-order valence-electron chi connectivity index (χ0n) is 2.72. The Hall–Kier alpha value is 1.54. The molecule has 0 saturated heterocycles. The summed E-state index contributed by atoms with van der Waals surface area (Å²) in [5, 5.41) is 0. The van der Waals surface area contributed by atoms with E-state index in [0.717, 1.165) is 0 Å². The predicted molar refractivity (Wildman–Crippen MR) is 17.1 cm³/mol. The Kier molecular flexibility index (Phi) is 12.8. The summed E-state index contributed by atoms with van der Waals surface area (Å²) in [6, 6.07) is 0. The number of hydrogen-bond donors (Lipinski definition) is 0. The predicted octanol–water partition coefficient (Wildman–Crippen LogP) is -4.00. The van der Waals surface area contributed by atoms with Crippen LogP contribution in [-0.2, 0) is 37.3 Å². The molecule has 0 fully saturated rings. The standard InChI is InChI=1S/Cu.HI.H2O3S2/c;;1-5(2,3)4/h;1H;(H2,1,2,3,4)/p-3. The molecule has 0 aromatic carbocycles. The van der Waals surface area contributed by atoms with Gasteiger partial charge in [-0.2, -0.15) is 0 Å². The molecule has 0 spiro atoms. The van der Waals surface area contributed by atoms with E-state index in [-0.39, 0.29) is 41.0 Å². The molecule has 0 heterocycles. The molecular formula is CuIO3S2-3. The Morgan fingerprint density at radius 1 is 1.43 bits per heavy atom. The summed E-state index contributed by atoms with van der Waals surface area (Å²) >= 11 is 3.24. The van der Waals surface area contributed by atoms with E-state index in [4.69, 9.17) is 13.3 Å². The summed E-state index contributed by atoms with van der Waals surface area (Å²) < 4.78 is 26.7. The largest absolute Gasteiger partial charge is 1.00 e. The smallest absolute Gasteiger partial charge is 0 e. The average molecular weight is 303 g/mol. The van der Waals surface area contributed by atoms with Crippen LogP contribution in [0.5, 0.6) is 0 Å². The Morgan fingerprint density at radius 2 is 1.43 bits per heavy atom. The molecule has 0 N–H and O–H groups in total. The van der Waals surface area contributed by atoms with Crippen molar-refractivity contribution in [1.82, 2.24) is 0 Å². The topological polar surface area (TPSA) is 63.2 Å². The molecule has 0 saturated carbocycles. The van der Waals surface area contributed by atoms with Gasteiger partial charge < -0.3 is 33.1 Å². The van der Waals surface area contributed by atoms with Crippen molar-refractivity contribution in [2.75, 3.05) is 0 Å². The van der Waals surface area contributed by atoms with Crippen LogP contribution in [0.3, 0.4) is 0 Å². The van der Waals surface area contributed by atoms with Crippen molar-refractivity contribution >= 4 is 20.2 Å². The van der Waals surface area contributed by atoms with Crippen molar-refractivity contribution < 1.29 is 54.4 Å². The molecule has 0 aliphatic heterocycles. The van der Waals surface area contributed by atoms with Crippen LogP contribution in [0.1, 0.15) is 0 Å². The number of halogens is 1. The second-order valence-corrected chi connectivity index (χ2v) is 2.45.